The minimum atomic E-state index is -4.68. The number of rotatable bonds is 25. The number of ether oxygens (including phenoxy) is 4. The van der Waals surface area contributed by atoms with Crippen LogP contribution in [0.4, 0.5) is 0 Å². The van der Waals surface area contributed by atoms with Crippen molar-refractivity contribution in [1.82, 2.24) is 0 Å². The molecule has 4 rings (SSSR count). The number of hydrogen-bond donors (Lipinski definition) is 4. The van der Waals surface area contributed by atoms with Gasteiger partial charge in [-0.05, 0) is 51.4 Å². The highest BCUT2D eigenvalue weighted by Crippen LogP contribution is 2.61. The van der Waals surface area contributed by atoms with Gasteiger partial charge in [0.15, 0.2) is 0 Å². The highest BCUT2D eigenvalue weighted by atomic mass is 32.2. The molecule has 2 saturated carbocycles. The number of aliphatic carboxylic acids is 2. The normalized spacial score (nSPS) is 28.2. The standard InChI is InChI=1S/C24H42O8S.C8H10O8S.C8H18/c1-3-5-7-9-11-13-18-30-21(25)23-17-15-16-20(33(27,28)29)24(23,32-23)22(26)31-19-14-12-10-8-6-4-2;9-5(10)7-3-1-2-4(17(13,14)15)8(7,16-7)6(11)12;1-3-5-7-8-6-4-2/h20H,3-19H2,1-2H3,(H,27,28,29);4H,1-3H2,(H,9,10)(H,11,12)(H,13,14,15);3-8H2,1-2H3. The molecule has 0 amide bonds. The minimum absolute atomic E-state index is 0.0252. The van der Waals surface area contributed by atoms with Gasteiger partial charge in [-0.2, -0.15) is 16.8 Å². The van der Waals surface area contributed by atoms with Gasteiger partial charge in [-0.1, -0.05) is 130 Å². The molecule has 0 aromatic heterocycles. The fraction of sp³-hybridized carbons (Fsp3) is 0.900. The highest BCUT2D eigenvalue weighted by molar-refractivity contribution is 7.86. The first-order valence-corrected chi connectivity index (χ1v) is 24.5. The first kappa shape index (κ1) is 51.8. The van der Waals surface area contributed by atoms with E-state index in [2.05, 4.69) is 27.7 Å². The Morgan fingerprint density at radius 3 is 1.24 bits per heavy atom. The second kappa shape index (κ2) is 23.6. The highest BCUT2D eigenvalue weighted by Gasteiger charge is 2.87. The Hall–Kier alpha value is -2.38. The molecule has 4 fully saturated rings. The van der Waals surface area contributed by atoms with Crippen LogP contribution < -0.4 is 0 Å². The van der Waals surface area contributed by atoms with Crippen LogP contribution in [0, 0.1) is 0 Å². The molecule has 0 aromatic rings. The van der Waals surface area contributed by atoms with E-state index in [-0.39, 0.29) is 45.3 Å². The molecule has 338 valence electrons. The third-order valence-electron chi connectivity index (χ3n) is 11.6. The van der Waals surface area contributed by atoms with Gasteiger partial charge >= 0.3 is 23.9 Å². The van der Waals surface area contributed by atoms with Gasteiger partial charge in [-0.3, -0.25) is 9.11 Å². The molecule has 0 bridgehead atoms. The maximum absolute atomic E-state index is 13.0. The van der Waals surface area contributed by atoms with E-state index in [9.17, 15) is 40.6 Å². The number of hydrogen-bond acceptors (Lipinski definition) is 12. The lowest BCUT2D eigenvalue weighted by Crippen LogP contribution is -2.54. The summed E-state index contributed by atoms with van der Waals surface area (Å²) in [5.74, 6) is -4.83. The Labute approximate surface area is 345 Å². The van der Waals surface area contributed by atoms with Crippen molar-refractivity contribution in [2.75, 3.05) is 13.2 Å². The average molecular weight is 871 g/mol. The van der Waals surface area contributed by atoms with E-state index in [1.165, 1.54) is 44.9 Å². The lowest BCUT2D eigenvalue weighted by atomic mass is 9.78. The van der Waals surface area contributed by atoms with Crippen LogP contribution >= 0.6 is 0 Å². The lowest BCUT2D eigenvalue weighted by Gasteiger charge is -2.28. The van der Waals surface area contributed by atoms with E-state index in [1.807, 2.05) is 0 Å². The van der Waals surface area contributed by atoms with Crippen LogP contribution in [-0.4, -0.2) is 106 Å². The first-order valence-electron chi connectivity index (χ1n) is 21.5. The van der Waals surface area contributed by atoms with Gasteiger partial charge in [-0.15, -0.1) is 0 Å². The Bertz CT molecular complexity index is 1540. The molecule has 6 unspecified atom stereocenters. The summed E-state index contributed by atoms with van der Waals surface area (Å²) in [5, 5.41) is 14.7. The molecule has 4 N–H and O–H groups in total. The van der Waals surface area contributed by atoms with Crippen molar-refractivity contribution >= 4 is 44.1 Å². The summed E-state index contributed by atoms with van der Waals surface area (Å²) in [5.41, 5.74) is -8.09. The number of esters is 2. The van der Waals surface area contributed by atoms with Crippen LogP contribution in [0.25, 0.3) is 0 Å². The van der Waals surface area contributed by atoms with Gasteiger partial charge in [0.05, 0.1) is 13.2 Å². The largest absolute Gasteiger partial charge is 0.479 e. The van der Waals surface area contributed by atoms with Gasteiger partial charge < -0.3 is 29.2 Å². The summed E-state index contributed by atoms with van der Waals surface area (Å²) in [6.45, 7) is 9.10. The Balaban J connectivity index is 0.000000381. The van der Waals surface area contributed by atoms with Crippen molar-refractivity contribution in [3.63, 3.8) is 0 Å². The lowest BCUT2D eigenvalue weighted by molar-refractivity contribution is -0.154. The van der Waals surface area contributed by atoms with Gasteiger partial charge in [0.1, 0.15) is 10.5 Å². The maximum Gasteiger partial charge on any atom is 0.343 e. The summed E-state index contributed by atoms with van der Waals surface area (Å²) in [6.07, 6.45) is 21.1. The number of carboxylic acids is 2. The molecular weight excluding hydrogens is 801 g/mol. The summed E-state index contributed by atoms with van der Waals surface area (Å²) >= 11 is 0. The molecule has 58 heavy (non-hydrogen) atoms. The zero-order valence-electron chi connectivity index (χ0n) is 35.0. The molecule has 4 aliphatic rings. The second-order valence-corrected chi connectivity index (χ2v) is 19.2. The molecule has 2 aliphatic heterocycles. The Kier molecular flexibility index (Phi) is 21.0. The SMILES string of the molecule is CCCCCCCC.CCCCCCCCOC(=O)C12CCCC(S(=O)(=O)O)C1(C(=O)OCCCCCCCC)O2.O=C(O)C12CCCC(S(=O)(=O)O)C1(C(=O)O)O2. The molecule has 18 heteroatoms. The van der Waals surface area contributed by atoms with Crippen molar-refractivity contribution in [2.45, 2.75) is 215 Å². The van der Waals surface area contributed by atoms with Crippen LogP contribution in [0.3, 0.4) is 0 Å². The van der Waals surface area contributed by atoms with Crippen LogP contribution in [0.1, 0.15) is 182 Å². The van der Waals surface area contributed by atoms with Crippen molar-refractivity contribution in [3.8, 4) is 0 Å². The molecule has 0 spiro atoms. The number of unbranched alkanes of at least 4 members (excludes halogenated alkanes) is 15. The zero-order chi connectivity index (χ0) is 43.7. The Morgan fingerprint density at radius 2 is 0.862 bits per heavy atom. The monoisotopic (exact) mass is 870 g/mol. The fourth-order valence-electron chi connectivity index (χ4n) is 8.29. The van der Waals surface area contributed by atoms with E-state index >= 15 is 0 Å². The van der Waals surface area contributed by atoms with Crippen molar-refractivity contribution in [2.24, 2.45) is 0 Å². The molecule has 6 atom stereocenters. The van der Waals surface area contributed by atoms with Crippen LogP contribution in [0.2, 0.25) is 0 Å². The zero-order valence-corrected chi connectivity index (χ0v) is 36.7. The van der Waals surface area contributed by atoms with E-state index in [4.69, 9.17) is 33.7 Å². The van der Waals surface area contributed by atoms with Crippen molar-refractivity contribution < 1.29 is 74.3 Å². The minimum Gasteiger partial charge on any atom is -0.479 e. The first-order chi connectivity index (χ1) is 27.4. The van der Waals surface area contributed by atoms with Gasteiger partial charge in [0.25, 0.3) is 20.2 Å². The van der Waals surface area contributed by atoms with Gasteiger partial charge in [0, 0.05) is 0 Å². The van der Waals surface area contributed by atoms with Crippen LogP contribution in [-0.2, 0) is 58.4 Å². The number of carboxylic acid groups (broad SMARTS) is 2. The van der Waals surface area contributed by atoms with E-state index in [0.717, 1.165) is 57.8 Å². The number of fused-ring (bicyclic) bond motifs is 2. The van der Waals surface area contributed by atoms with Gasteiger partial charge in [-0.25, -0.2) is 19.2 Å². The topological polar surface area (TPSA) is 261 Å². The Morgan fingerprint density at radius 1 is 0.517 bits per heavy atom. The molecular formula is C40H70O16S2. The number of carbonyl (C=O) groups is 4. The third-order valence-corrected chi connectivity index (χ3v) is 14.2. The summed E-state index contributed by atoms with van der Waals surface area (Å²) in [6, 6.07) is 0. The number of epoxide rings is 2. The molecule has 2 saturated heterocycles. The quantitative estimate of drug-likeness (QED) is 0.0306. The molecule has 2 heterocycles. The van der Waals surface area contributed by atoms with Crippen LogP contribution in [0.15, 0.2) is 0 Å². The smallest absolute Gasteiger partial charge is 0.343 e. The average Bonchev–Trinajstić information content (AvgIpc) is 4.07. The molecule has 0 radical (unpaired) electrons. The van der Waals surface area contributed by atoms with Crippen molar-refractivity contribution in [3.05, 3.63) is 0 Å². The summed E-state index contributed by atoms with van der Waals surface area (Å²) in [7, 11) is -9.30. The van der Waals surface area contributed by atoms with Crippen molar-refractivity contribution in [1.29, 1.82) is 0 Å². The number of carbonyl (C=O) groups excluding carboxylic acids is 2. The van der Waals surface area contributed by atoms with Gasteiger partial charge in [0.2, 0.25) is 22.4 Å². The second-order valence-electron chi connectivity index (χ2n) is 16.0. The fourth-order valence-corrected chi connectivity index (χ4v) is 10.7. The van der Waals surface area contributed by atoms with Crippen LogP contribution in [0.5, 0.6) is 0 Å². The summed E-state index contributed by atoms with van der Waals surface area (Å²) < 4.78 is 86.4. The van der Waals surface area contributed by atoms with E-state index < -0.39 is 77.0 Å². The molecule has 0 aromatic carbocycles. The maximum atomic E-state index is 13.0. The molecule has 16 nitrogen and oxygen atoms in total. The van der Waals surface area contributed by atoms with E-state index in [1.54, 1.807) is 0 Å². The molecule has 2 aliphatic carbocycles. The van der Waals surface area contributed by atoms with E-state index in [0.29, 0.717) is 19.3 Å². The summed E-state index contributed by atoms with van der Waals surface area (Å²) in [4.78, 5) is 48.1. The predicted octanol–water partition coefficient (Wildman–Crippen LogP) is 7.21. The predicted molar refractivity (Wildman–Crippen MR) is 214 cm³/mol. The third kappa shape index (κ3) is 12.6.